The lowest BCUT2D eigenvalue weighted by Gasteiger charge is -2.23. The third-order valence-electron chi connectivity index (χ3n) is 3.75. The van der Waals surface area contributed by atoms with Crippen molar-refractivity contribution in [3.63, 3.8) is 0 Å². The second kappa shape index (κ2) is 8.13. The van der Waals surface area contributed by atoms with E-state index in [1.807, 2.05) is 60.7 Å². The van der Waals surface area contributed by atoms with Gasteiger partial charge in [0.15, 0.2) is 0 Å². The molecule has 1 N–H and O–H groups in total. The molecule has 0 aromatic heterocycles. The van der Waals surface area contributed by atoms with Crippen LogP contribution < -0.4 is 0 Å². The molecule has 0 fully saturated rings. The van der Waals surface area contributed by atoms with E-state index in [9.17, 15) is 9.59 Å². The minimum Gasteiger partial charge on any atom is -0.480 e. The smallest absolute Gasteiger partial charge is 0.323 e. The largest absolute Gasteiger partial charge is 0.480 e. The highest BCUT2D eigenvalue weighted by molar-refractivity contribution is 5.83. The van der Waals surface area contributed by atoms with Crippen molar-refractivity contribution in [2.24, 2.45) is 5.92 Å². The van der Waals surface area contributed by atoms with E-state index in [1.165, 1.54) is 4.90 Å². The first kappa shape index (κ1) is 16.7. The highest BCUT2D eigenvalue weighted by Crippen LogP contribution is 2.17. The Kier molecular flexibility index (Phi) is 5.92. The van der Waals surface area contributed by atoms with Gasteiger partial charge in [0.25, 0.3) is 0 Å². The average Bonchev–Trinajstić information content (AvgIpc) is 2.55. The van der Waals surface area contributed by atoms with Crippen molar-refractivity contribution in [2.75, 3.05) is 13.6 Å². The maximum absolute atomic E-state index is 12.7. The average molecular weight is 311 g/mol. The van der Waals surface area contributed by atoms with Gasteiger partial charge in [-0.3, -0.25) is 9.59 Å². The van der Waals surface area contributed by atoms with Gasteiger partial charge in [-0.25, -0.2) is 0 Å². The number of aliphatic carboxylic acids is 1. The SMILES string of the molecule is CN(CC(=O)O)C(=O)C(Cc1ccccc1)Cc1ccccc1. The van der Waals surface area contributed by atoms with Crippen LogP contribution in [0.15, 0.2) is 60.7 Å². The van der Waals surface area contributed by atoms with Gasteiger partial charge in [-0.1, -0.05) is 60.7 Å². The monoisotopic (exact) mass is 311 g/mol. The molecule has 4 nitrogen and oxygen atoms in total. The van der Waals surface area contributed by atoms with E-state index in [1.54, 1.807) is 7.05 Å². The van der Waals surface area contributed by atoms with Gasteiger partial charge < -0.3 is 10.0 Å². The fourth-order valence-corrected chi connectivity index (χ4v) is 2.64. The highest BCUT2D eigenvalue weighted by atomic mass is 16.4. The molecule has 23 heavy (non-hydrogen) atoms. The first-order valence-electron chi connectivity index (χ1n) is 7.61. The van der Waals surface area contributed by atoms with Gasteiger partial charge >= 0.3 is 5.97 Å². The lowest BCUT2D eigenvalue weighted by molar-refractivity contribution is -0.145. The summed E-state index contributed by atoms with van der Waals surface area (Å²) < 4.78 is 0. The lowest BCUT2D eigenvalue weighted by atomic mass is 9.91. The Labute approximate surface area is 136 Å². The van der Waals surface area contributed by atoms with Crippen LogP contribution in [-0.4, -0.2) is 35.5 Å². The molecule has 4 heteroatoms. The van der Waals surface area contributed by atoms with Crippen molar-refractivity contribution >= 4 is 11.9 Å². The Morgan fingerprint density at radius 1 is 0.913 bits per heavy atom. The maximum atomic E-state index is 12.7. The second-order valence-corrected chi connectivity index (χ2v) is 5.66. The van der Waals surface area contributed by atoms with Crippen molar-refractivity contribution in [1.29, 1.82) is 0 Å². The Hall–Kier alpha value is -2.62. The number of amides is 1. The fraction of sp³-hybridized carbons (Fsp3) is 0.263. The van der Waals surface area contributed by atoms with Crippen LogP contribution in [0.2, 0.25) is 0 Å². The molecule has 0 saturated heterocycles. The van der Waals surface area contributed by atoms with Gasteiger partial charge in [-0.05, 0) is 24.0 Å². The number of nitrogens with zero attached hydrogens (tertiary/aromatic N) is 1. The molecule has 0 aliphatic carbocycles. The predicted molar refractivity (Wildman–Crippen MR) is 89.1 cm³/mol. The van der Waals surface area contributed by atoms with Gasteiger partial charge in [0.1, 0.15) is 6.54 Å². The second-order valence-electron chi connectivity index (χ2n) is 5.66. The Balaban J connectivity index is 2.16. The van der Waals surface area contributed by atoms with Gasteiger partial charge in [0.2, 0.25) is 5.91 Å². The van der Waals surface area contributed by atoms with E-state index in [4.69, 9.17) is 5.11 Å². The summed E-state index contributed by atoms with van der Waals surface area (Å²) in [5, 5.41) is 8.90. The van der Waals surface area contributed by atoms with Gasteiger partial charge in [0.05, 0.1) is 0 Å². The van der Waals surface area contributed by atoms with E-state index < -0.39 is 5.97 Å². The van der Waals surface area contributed by atoms with E-state index in [0.29, 0.717) is 12.8 Å². The van der Waals surface area contributed by atoms with Crippen LogP contribution in [0.5, 0.6) is 0 Å². The zero-order valence-electron chi connectivity index (χ0n) is 13.2. The van der Waals surface area contributed by atoms with Crippen LogP contribution in [0.3, 0.4) is 0 Å². The normalized spacial score (nSPS) is 10.5. The van der Waals surface area contributed by atoms with Gasteiger partial charge in [-0.2, -0.15) is 0 Å². The molecule has 1 amide bonds. The van der Waals surface area contributed by atoms with Crippen LogP contribution in [0.25, 0.3) is 0 Å². The molecule has 2 aromatic rings. The summed E-state index contributed by atoms with van der Waals surface area (Å²) in [4.78, 5) is 24.8. The number of hydrogen-bond acceptors (Lipinski definition) is 2. The molecular weight excluding hydrogens is 290 g/mol. The van der Waals surface area contributed by atoms with Gasteiger partial charge in [0, 0.05) is 13.0 Å². The van der Waals surface area contributed by atoms with Gasteiger partial charge in [-0.15, -0.1) is 0 Å². The Bertz CT molecular complexity index is 599. The Morgan fingerprint density at radius 3 is 1.74 bits per heavy atom. The van der Waals surface area contributed by atoms with Crippen molar-refractivity contribution < 1.29 is 14.7 Å². The molecule has 2 aromatic carbocycles. The maximum Gasteiger partial charge on any atom is 0.323 e. The van der Waals surface area contributed by atoms with Crippen molar-refractivity contribution in [2.45, 2.75) is 12.8 Å². The molecule has 0 unspecified atom stereocenters. The van der Waals surface area contributed by atoms with Crippen molar-refractivity contribution in [3.8, 4) is 0 Å². The Morgan fingerprint density at radius 2 is 1.35 bits per heavy atom. The first-order chi connectivity index (χ1) is 11.1. The minimum absolute atomic E-state index is 0.139. The molecule has 0 spiro atoms. The quantitative estimate of drug-likeness (QED) is 0.855. The summed E-state index contributed by atoms with van der Waals surface area (Å²) in [5.41, 5.74) is 2.15. The van der Waals surface area contributed by atoms with E-state index in [0.717, 1.165) is 11.1 Å². The topological polar surface area (TPSA) is 57.6 Å². The van der Waals surface area contributed by atoms with Crippen LogP contribution in [0, 0.1) is 5.92 Å². The minimum atomic E-state index is -1.00. The molecule has 2 rings (SSSR count). The number of benzene rings is 2. The molecular formula is C19H21NO3. The standard InChI is InChI=1S/C19H21NO3/c1-20(14-18(21)22)19(23)17(12-15-8-4-2-5-9-15)13-16-10-6-3-7-11-16/h2-11,17H,12-14H2,1H3,(H,21,22). The molecule has 0 bridgehead atoms. The lowest BCUT2D eigenvalue weighted by Crippen LogP contribution is -2.38. The number of hydrogen-bond donors (Lipinski definition) is 1. The van der Waals surface area contributed by atoms with E-state index >= 15 is 0 Å². The number of carboxylic acids is 1. The molecule has 0 aliphatic rings. The number of carbonyl (C=O) groups is 2. The predicted octanol–water partition coefficient (Wildman–Crippen LogP) is 2.63. The van der Waals surface area contributed by atoms with E-state index in [2.05, 4.69) is 0 Å². The zero-order valence-corrected chi connectivity index (χ0v) is 13.2. The van der Waals surface area contributed by atoms with Crippen molar-refractivity contribution in [3.05, 3.63) is 71.8 Å². The van der Waals surface area contributed by atoms with Crippen LogP contribution in [0.1, 0.15) is 11.1 Å². The van der Waals surface area contributed by atoms with E-state index in [-0.39, 0.29) is 18.4 Å². The number of likely N-dealkylation sites (N-methyl/N-ethyl adjacent to an activating group) is 1. The summed E-state index contributed by atoms with van der Waals surface area (Å²) in [6.45, 7) is -0.279. The third-order valence-corrected chi connectivity index (χ3v) is 3.75. The van der Waals surface area contributed by atoms with Crippen LogP contribution in [-0.2, 0) is 22.4 Å². The number of carboxylic acid groups (broad SMARTS) is 1. The van der Waals surface area contributed by atoms with Crippen LogP contribution in [0.4, 0.5) is 0 Å². The summed E-state index contributed by atoms with van der Waals surface area (Å²) in [5.74, 6) is -1.41. The third kappa shape index (κ3) is 5.25. The molecule has 0 atom stereocenters. The first-order valence-corrected chi connectivity index (χ1v) is 7.61. The zero-order chi connectivity index (χ0) is 16.7. The molecule has 0 aliphatic heterocycles. The molecule has 0 heterocycles. The summed E-state index contributed by atoms with van der Waals surface area (Å²) in [7, 11) is 1.54. The molecule has 0 saturated carbocycles. The number of rotatable bonds is 7. The highest BCUT2D eigenvalue weighted by Gasteiger charge is 2.24. The molecule has 0 radical (unpaired) electrons. The molecule has 120 valence electrons. The number of carbonyl (C=O) groups excluding carboxylic acids is 1. The van der Waals surface area contributed by atoms with Crippen molar-refractivity contribution in [1.82, 2.24) is 4.90 Å². The summed E-state index contributed by atoms with van der Waals surface area (Å²) in [6.07, 6.45) is 1.19. The fourth-order valence-electron chi connectivity index (χ4n) is 2.64. The summed E-state index contributed by atoms with van der Waals surface area (Å²) in [6, 6.07) is 19.6. The van der Waals surface area contributed by atoms with Crippen LogP contribution >= 0.6 is 0 Å². The summed E-state index contributed by atoms with van der Waals surface area (Å²) >= 11 is 0.